The van der Waals surface area contributed by atoms with Gasteiger partial charge in [0.05, 0.1) is 30.2 Å². The number of rotatable bonds is 8. The van der Waals surface area contributed by atoms with E-state index in [2.05, 4.69) is 42.2 Å². The van der Waals surface area contributed by atoms with Crippen molar-refractivity contribution in [1.29, 1.82) is 0 Å². The average Bonchev–Trinajstić information content (AvgIpc) is 3.92. The number of nitrogens with zero attached hydrogens (tertiary/aromatic N) is 4. The first kappa shape index (κ1) is 33.2. The van der Waals surface area contributed by atoms with E-state index in [1.165, 1.54) is 7.11 Å². The Balaban J connectivity index is 1.13. The number of benzene rings is 2. The highest BCUT2D eigenvalue weighted by Gasteiger charge is 2.42. The third-order valence-electron chi connectivity index (χ3n) is 9.15. The lowest BCUT2D eigenvalue weighted by Crippen LogP contribution is -2.59. The van der Waals surface area contributed by atoms with Crippen LogP contribution >= 0.6 is 0 Å². The van der Waals surface area contributed by atoms with Gasteiger partial charge in [-0.15, -0.1) is 0 Å². The fourth-order valence-corrected chi connectivity index (χ4v) is 6.67. The first-order chi connectivity index (χ1) is 23.6. The number of carbonyl (C=O) groups is 4. The number of hydrogen-bond donors (Lipinski definition) is 5. The Morgan fingerprint density at radius 2 is 1.78 bits per heavy atom. The van der Waals surface area contributed by atoms with Crippen molar-refractivity contribution in [2.45, 2.75) is 63.3 Å². The van der Waals surface area contributed by atoms with Gasteiger partial charge in [-0.25, -0.2) is 19.6 Å². The number of likely N-dealkylation sites (tertiary alicyclic amines) is 2. The fourth-order valence-electron chi connectivity index (χ4n) is 6.67. The zero-order chi connectivity index (χ0) is 34.7. The third-order valence-corrected chi connectivity index (χ3v) is 9.15. The molecule has 4 atom stereocenters. The van der Waals surface area contributed by atoms with Crippen molar-refractivity contribution < 1.29 is 29.0 Å². The molecule has 0 saturated carbocycles. The molecule has 6 rings (SSSR count). The molecule has 0 unspecified atom stereocenters. The van der Waals surface area contributed by atoms with Gasteiger partial charge in [-0.1, -0.05) is 24.1 Å². The zero-order valence-electron chi connectivity index (χ0n) is 27.4. The number of carbonyl (C=O) groups excluding carboxylic acids is 3. The second kappa shape index (κ2) is 13.8. The van der Waals surface area contributed by atoms with Crippen molar-refractivity contribution in [2.24, 2.45) is 0 Å². The van der Waals surface area contributed by atoms with Gasteiger partial charge in [0.25, 0.3) is 0 Å². The largest absolute Gasteiger partial charge is 0.465 e. The summed E-state index contributed by atoms with van der Waals surface area (Å²) >= 11 is 0. The van der Waals surface area contributed by atoms with Crippen LogP contribution in [-0.2, 0) is 14.3 Å². The van der Waals surface area contributed by atoms with Crippen LogP contribution in [0.1, 0.15) is 74.5 Å². The Kier molecular flexibility index (Phi) is 9.37. The average molecular weight is 667 g/mol. The summed E-state index contributed by atoms with van der Waals surface area (Å²) in [6.07, 6.45) is 3.59. The second-order valence-electron chi connectivity index (χ2n) is 12.4. The molecule has 2 saturated heterocycles. The number of ether oxygens (including phenoxy) is 1. The molecule has 0 bridgehead atoms. The van der Waals surface area contributed by atoms with Crippen molar-refractivity contribution in [3.05, 3.63) is 71.6 Å². The van der Waals surface area contributed by atoms with Crippen molar-refractivity contribution >= 4 is 35.4 Å². The summed E-state index contributed by atoms with van der Waals surface area (Å²) in [5, 5.41) is 14.2. The molecule has 5 N–H and O–H groups in total. The van der Waals surface area contributed by atoms with E-state index in [1.807, 2.05) is 47.4 Å². The van der Waals surface area contributed by atoms with E-state index in [1.54, 1.807) is 24.9 Å². The van der Waals surface area contributed by atoms with Gasteiger partial charge < -0.3 is 30.0 Å². The van der Waals surface area contributed by atoms with Crippen LogP contribution in [0.15, 0.2) is 48.7 Å². The van der Waals surface area contributed by atoms with Crippen molar-refractivity contribution in [1.82, 2.24) is 40.4 Å². The molecule has 0 radical (unpaired) electrons. The molecule has 14 nitrogen and oxygen atoms in total. The number of amides is 3. The number of carboxylic acid groups (broad SMARTS) is 1. The lowest BCUT2D eigenvalue weighted by molar-refractivity contribution is -0.134. The highest BCUT2D eigenvalue weighted by Crippen LogP contribution is 2.36. The first-order valence-electron chi connectivity index (χ1n) is 16.1. The molecule has 2 aliphatic heterocycles. The summed E-state index contributed by atoms with van der Waals surface area (Å²) in [6, 6.07) is 12.7. The van der Waals surface area contributed by atoms with Gasteiger partial charge in [0, 0.05) is 24.8 Å². The minimum Gasteiger partial charge on any atom is -0.465 e. The first-order valence-corrected chi connectivity index (χ1v) is 16.1. The van der Waals surface area contributed by atoms with E-state index in [0.717, 1.165) is 53.4 Å². The van der Waals surface area contributed by atoms with E-state index in [4.69, 9.17) is 4.98 Å². The van der Waals surface area contributed by atoms with E-state index in [0.29, 0.717) is 36.7 Å². The zero-order valence-corrected chi connectivity index (χ0v) is 27.4. The molecule has 2 aromatic carbocycles. The van der Waals surface area contributed by atoms with E-state index >= 15 is 0 Å². The molecule has 49 heavy (non-hydrogen) atoms. The van der Waals surface area contributed by atoms with Gasteiger partial charge in [-0.3, -0.25) is 19.8 Å². The molecule has 2 fully saturated rings. The molecular formula is C35H38N8O6. The van der Waals surface area contributed by atoms with Crippen molar-refractivity contribution in [3.8, 4) is 23.0 Å². The molecule has 2 aromatic heterocycles. The lowest BCUT2D eigenvalue weighted by atomic mass is 10.0. The number of aldehydes is 1. The van der Waals surface area contributed by atoms with Gasteiger partial charge in [-0.2, -0.15) is 0 Å². The molecule has 3 amide bonds. The summed E-state index contributed by atoms with van der Waals surface area (Å²) in [4.78, 5) is 67.5. The van der Waals surface area contributed by atoms with Crippen molar-refractivity contribution in [2.75, 3.05) is 20.2 Å². The van der Waals surface area contributed by atoms with Crippen LogP contribution in [0, 0.1) is 11.8 Å². The molecule has 254 valence electrons. The van der Waals surface area contributed by atoms with E-state index in [9.17, 15) is 24.3 Å². The van der Waals surface area contributed by atoms with Crippen LogP contribution in [0.5, 0.6) is 0 Å². The van der Waals surface area contributed by atoms with Crippen LogP contribution in [0.3, 0.4) is 0 Å². The minimum absolute atomic E-state index is 0.197. The summed E-state index contributed by atoms with van der Waals surface area (Å²) in [7, 11) is 1.26. The standard InChI is InChI=1S/C35H38N8O6/c1-21(37-34(48)49-3)32(45)42-16-4-6-28(42)30-36-19-25(38-30)14-10-22-8-11-23(12-9-22)24-13-15-26-27(18-24)40-31(39-26)29-7-5-17-43(29)35(2,20-44)41-33(46)47/h8-9,11-13,15,18-21,28-29,41H,4-7,16-17H2,1-3H3,(H,36,38)(H,37,48)(H,39,40)(H,46,47)/t21-,28-,29-,35+/m0/s1. The molecule has 2 aliphatic rings. The van der Waals surface area contributed by atoms with Crippen LogP contribution in [0.25, 0.3) is 22.2 Å². The number of hydrogen-bond acceptors (Lipinski definition) is 8. The predicted molar refractivity (Wildman–Crippen MR) is 179 cm³/mol. The Hall–Kier alpha value is -5.68. The number of aromatic nitrogens is 4. The Labute approximate surface area is 282 Å². The minimum atomic E-state index is -1.36. The number of methoxy groups -OCH3 is 1. The van der Waals surface area contributed by atoms with Crippen LogP contribution in [0.4, 0.5) is 9.59 Å². The highest BCUT2D eigenvalue weighted by molar-refractivity contribution is 5.86. The SMILES string of the molecule is COC(=O)N[C@@H](C)C(=O)N1CCC[C@H]1c1nc(C#Cc2ccc(-c3ccc4[nH]c([C@@H]5CCCN5[C@](C)(C=O)NC(=O)O)nc4c3)cc2)c[nH]1. The number of nitrogens with one attached hydrogen (secondary N) is 4. The number of imidazole rings is 2. The third kappa shape index (κ3) is 6.97. The summed E-state index contributed by atoms with van der Waals surface area (Å²) in [5.74, 6) is 7.41. The van der Waals surface area contributed by atoms with Crippen molar-refractivity contribution in [3.63, 3.8) is 0 Å². The maximum absolute atomic E-state index is 13.0. The number of aromatic amines is 2. The molecule has 4 aromatic rings. The topological polar surface area (TPSA) is 186 Å². The van der Waals surface area contributed by atoms with E-state index in [-0.39, 0.29) is 18.0 Å². The summed E-state index contributed by atoms with van der Waals surface area (Å²) in [6.45, 7) is 4.34. The van der Waals surface area contributed by atoms with Gasteiger partial charge in [-0.05, 0) is 80.8 Å². The number of H-pyrrole nitrogens is 2. The van der Waals surface area contributed by atoms with Gasteiger partial charge in [0.1, 0.15) is 23.4 Å². The quantitative estimate of drug-likeness (QED) is 0.137. The van der Waals surface area contributed by atoms with Gasteiger partial charge >= 0.3 is 12.2 Å². The van der Waals surface area contributed by atoms with Crippen LogP contribution in [-0.4, -0.2) is 91.1 Å². The maximum Gasteiger partial charge on any atom is 0.407 e. The lowest BCUT2D eigenvalue weighted by Gasteiger charge is -2.37. The van der Waals surface area contributed by atoms with Crippen LogP contribution < -0.4 is 10.6 Å². The monoisotopic (exact) mass is 666 g/mol. The summed E-state index contributed by atoms with van der Waals surface area (Å²) < 4.78 is 4.61. The maximum atomic E-state index is 13.0. The highest BCUT2D eigenvalue weighted by atomic mass is 16.5. The molecule has 0 spiro atoms. The molecule has 4 heterocycles. The number of alkyl carbamates (subject to hydrolysis) is 1. The van der Waals surface area contributed by atoms with Gasteiger partial charge in [0.15, 0.2) is 11.9 Å². The normalized spacial score (nSPS) is 19.4. The Morgan fingerprint density at radius 3 is 2.51 bits per heavy atom. The molecular weight excluding hydrogens is 628 g/mol. The predicted octanol–water partition coefficient (Wildman–Crippen LogP) is 4.08. The van der Waals surface area contributed by atoms with Crippen LogP contribution in [0.2, 0.25) is 0 Å². The second-order valence-corrected chi connectivity index (χ2v) is 12.4. The Bertz CT molecular complexity index is 1940. The summed E-state index contributed by atoms with van der Waals surface area (Å²) in [5.41, 5.74) is 3.60. The molecule has 14 heteroatoms. The Morgan fingerprint density at radius 1 is 1.04 bits per heavy atom. The van der Waals surface area contributed by atoms with Gasteiger partial charge in [0.2, 0.25) is 5.91 Å². The number of fused-ring (bicyclic) bond motifs is 1. The fraction of sp³-hybridized carbons (Fsp3) is 0.371. The smallest absolute Gasteiger partial charge is 0.407 e. The molecule has 0 aliphatic carbocycles. The van der Waals surface area contributed by atoms with E-state index < -0.39 is 23.9 Å².